The van der Waals surface area contributed by atoms with E-state index in [-0.39, 0.29) is 12.5 Å². The topological polar surface area (TPSA) is 32.3 Å². The van der Waals surface area contributed by atoms with Gasteiger partial charge in [0.25, 0.3) is 0 Å². The highest BCUT2D eigenvalue weighted by Crippen LogP contribution is 2.17. The van der Waals surface area contributed by atoms with Gasteiger partial charge in [-0.2, -0.15) is 0 Å². The largest absolute Gasteiger partial charge is 0.325 e. The quantitative estimate of drug-likeness (QED) is 0.840. The molecular weight excluding hydrogens is 366 g/mol. The fourth-order valence-corrected chi connectivity index (χ4v) is 2.47. The standard InChI is InChI=1S/C17H17BrF2N2O/c1-11(17(23)21-15-5-3-4-13(18)8-15)22(2)10-12-6-7-14(19)9-16(12)20/h3-9,11H,10H2,1-2H3,(H,21,23). The predicted molar refractivity (Wildman–Crippen MR) is 90.1 cm³/mol. The van der Waals surface area contributed by atoms with Crippen molar-refractivity contribution < 1.29 is 13.6 Å². The summed E-state index contributed by atoms with van der Waals surface area (Å²) >= 11 is 3.34. The van der Waals surface area contributed by atoms with E-state index in [1.54, 1.807) is 31.0 Å². The summed E-state index contributed by atoms with van der Waals surface area (Å²) in [6, 6.07) is 10.2. The van der Waals surface area contributed by atoms with Crippen LogP contribution in [0.4, 0.5) is 14.5 Å². The van der Waals surface area contributed by atoms with Gasteiger partial charge in [-0.05, 0) is 38.2 Å². The molecule has 3 nitrogen and oxygen atoms in total. The molecular formula is C17H17BrF2N2O. The van der Waals surface area contributed by atoms with Gasteiger partial charge in [0.15, 0.2) is 0 Å². The maximum absolute atomic E-state index is 13.7. The van der Waals surface area contributed by atoms with Gasteiger partial charge >= 0.3 is 0 Å². The first kappa shape index (κ1) is 17.6. The molecule has 23 heavy (non-hydrogen) atoms. The van der Waals surface area contributed by atoms with Gasteiger partial charge in [-0.1, -0.05) is 28.1 Å². The zero-order chi connectivity index (χ0) is 17.0. The van der Waals surface area contributed by atoms with Gasteiger partial charge in [-0.25, -0.2) is 8.78 Å². The van der Waals surface area contributed by atoms with Crippen LogP contribution >= 0.6 is 15.9 Å². The van der Waals surface area contributed by atoms with Crippen molar-refractivity contribution in [1.29, 1.82) is 0 Å². The number of anilines is 1. The van der Waals surface area contributed by atoms with E-state index < -0.39 is 17.7 Å². The van der Waals surface area contributed by atoms with Gasteiger partial charge < -0.3 is 5.32 Å². The average molecular weight is 383 g/mol. The van der Waals surface area contributed by atoms with Crippen LogP contribution in [-0.4, -0.2) is 23.9 Å². The zero-order valence-electron chi connectivity index (χ0n) is 12.8. The first-order chi connectivity index (χ1) is 10.9. The van der Waals surface area contributed by atoms with Crippen molar-refractivity contribution in [3.05, 3.63) is 64.1 Å². The van der Waals surface area contributed by atoms with Crippen LogP contribution in [0.3, 0.4) is 0 Å². The molecule has 0 aliphatic carbocycles. The molecule has 0 saturated heterocycles. The first-order valence-corrected chi connectivity index (χ1v) is 7.86. The summed E-state index contributed by atoms with van der Waals surface area (Å²) in [5.74, 6) is -1.43. The number of hydrogen-bond acceptors (Lipinski definition) is 2. The zero-order valence-corrected chi connectivity index (χ0v) is 14.4. The van der Waals surface area contributed by atoms with Crippen LogP contribution in [0.15, 0.2) is 46.9 Å². The van der Waals surface area contributed by atoms with Crippen LogP contribution in [0.1, 0.15) is 12.5 Å². The van der Waals surface area contributed by atoms with E-state index in [1.807, 2.05) is 12.1 Å². The van der Waals surface area contributed by atoms with Crippen molar-refractivity contribution in [2.75, 3.05) is 12.4 Å². The van der Waals surface area contributed by atoms with Gasteiger partial charge in [0, 0.05) is 28.3 Å². The molecule has 1 unspecified atom stereocenters. The monoisotopic (exact) mass is 382 g/mol. The summed E-state index contributed by atoms with van der Waals surface area (Å²) in [5, 5.41) is 2.81. The third kappa shape index (κ3) is 4.84. The molecule has 0 heterocycles. The lowest BCUT2D eigenvalue weighted by molar-refractivity contribution is -0.120. The summed E-state index contributed by atoms with van der Waals surface area (Å²) in [5.41, 5.74) is 1.02. The number of likely N-dealkylation sites (N-methyl/N-ethyl adjacent to an activating group) is 1. The van der Waals surface area contributed by atoms with Crippen molar-refractivity contribution in [1.82, 2.24) is 4.90 Å². The Balaban J connectivity index is 2.01. The van der Waals surface area contributed by atoms with E-state index in [0.29, 0.717) is 11.3 Å². The molecule has 0 aliphatic heterocycles. The number of carbonyl (C=O) groups is 1. The summed E-state index contributed by atoms with van der Waals surface area (Å²) in [6.07, 6.45) is 0. The van der Waals surface area contributed by atoms with Gasteiger partial charge in [-0.3, -0.25) is 9.69 Å². The van der Waals surface area contributed by atoms with E-state index in [2.05, 4.69) is 21.2 Å². The molecule has 0 aromatic heterocycles. The number of nitrogens with one attached hydrogen (secondary N) is 1. The Labute approximate surface area is 142 Å². The van der Waals surface area contributed by atoms with Crippen molar-refractivity contribution in [2.24, 2.45) is 0 Å². The first-order valence-electron chi connectivity index (χ1n) is 7.07. The summed E-state index contributed by atoms with van der Waals surface area (Å²) in [7, 11) is 1.72. The molecule has 0 spiro atoms. The summed E-state index contributed by atoms with van der Waals surface area (Å²) in [4.78, 5) is 14.0. The average Bonchev–Trinajstić information content (AvgIpc) is 2.49. The molecule has 2 aromatic carbocycles. The minimum Gasteiger partial charge on any atom is -0.325 e. The second-order valence-corrected chi connectivity index (χ2v) is 6.24. The highest BCUT2D eigenvalue weighted by molar-refractivity contribution is 9.10. The predicted octanol–water partition coefficient (Wildman–Crippen LogP) is 4.19. The lowest BCUT2D eigenvalue weighted by Gasteiger charge is -2.24. The maximum Gasteiger partial charge on any atom is 0.241 e. The number of amides is 1. The number of halogens is 3. The molecule has 2 aromatic rings. The van der Waals surface area contributed by atoms with Gasteiger partial charge in [0.1, 0.15) is 11.6 Å². The van der Waals surface area contributed by atoms with E-state index in [9.17, 15) is 13.6 Å². The van der Waals surface area contributed by atoms with Crippen LogP contribution in [0.5, 0.6) is 0 Å². The molecule has 0 bridgehead atoms. The number of carbonyl (C=O) groups excluding carboxylic acids is 1. The Morgan fingerprint density at radius 2 is 2.00 bits per heavy atom. The molecule has 0 radical (unpaired) electrons. The smallest absolute Gasteiger partial charge is 0.241 e. The number of hydrogen-bond donors (Lipinski definition) is 1. The van der Waals surface area contributed by atoms with Crippen molar-refractivity contribution >= 4 is 27.5 Å². The van der Waals surface area contributed by atoms with E-state index >= 15 is 0 Å². The number of rotatable bonds is 5. The van der Waals surface area contributed by atoms with Crippen molar-refractivity contribution in [3.8, 4) is 0 Å². The van der Waals surface area contributed by atoms with Crippen LogP contribution < -0.4 is 5.32 Å². The van der Waals surface area contributed by atoms with E-state index in [1.165, 1.54) is 12.1 Å². The minimum absolute atomic E-state index is 0.201. The van der Waals surface area contributed by atoms with Crippen LogP contribution in [0.25, 0.3) is 0 Å². The highest BCUT2D eigenvalue weighted by Gasteiger charge is 2.19. The normalized spacial score (nSPS) is 12.3. The maximum atomic E-state index is 13.7. The van der Waals surface area contributed by atoms with Crippen LogP contribution in [0.2, 0.25) is 0 Å². The Kier molecular flexibility index (Phi) is 5.85. The molecule has 1 atom stereocenters. The minimum atomic E-state index is -0.616. The van der Waals surface area contributed by atoms with Crippen LogP contribution in [-0.2, 0) is 11.3 Å². The summed E-state index contributed by atoms with van der Waals surface area (Å²) in [6.45, 7) is 1.94. The second kappa shape index (κ2) is 7.66. The van der Waals surface area contributed by atoms with E-state index in [0.717, 1.165) is 10.5 Å². The molecule has 1 amide bonds. The number of benzene rings is 2. The Hall–Kier alpha value is -1.79. The van der Waals surface area contributed by atoms with Gasteiger partial charge in [0.2, 0.25) is 5.91 Å². The molecule has 2 rings (SSSR count). The second-order valence-electron chi connectivity index (χ2n) is 5.33. The molecule has 0 aliphatic rings. The molecule has 122 valence electrons. The SMILES string of the molecule is CC(C(=O)Nc1cccc(Br)c1)N(C)Cc1ccc(F)cc1F. The molecule has 6 heteroatoms. The third-order valence-corrected chi connectivity index (χ3v) is 4.06. The lowest BCUT2D eigenvalue weighted by atomic mass is 10.1. The van der Waals surface area contributed by atoms with Crippen molar-refractivity contribution in [3.63, 3.8) is 0 Å². The van der Waals surface area contributed by atoms with Crippen LogP contribution in [0, 0.1) is 11.6 Å². The lowest BCUT2D eigenvalue weighted by Crippen LogP contribution is -2.39. The Bertz CT molecular complexity index is 709. The number of nitrogens with zero attached hydrogens (tertiary/aromatic N) is 1. The van der Waals surface area contributed by atoms with Gasteiger partial charge in [0.05, 0.1) is 6.04 Å². The highest BCUT2D eigenvalue weighted by atomic mass is 79.9. The van der Waals surface area contributed by atoms with E-state index in [4.69, 9.17) is 0 Å². The molecule has 0 fully saturated rings. The molecule has 1 N–H and O–H groups in total. The molecule has 0 saturated carbocycles. The summed E-state index contributed by atoms with van der Waals surface area (Å²) < 4.78 is 27.5. The van der Waals surface area contributed by atoms with Crippen molar-refractivity contribution in [2.45, 2.75) is 19.5 Å². The van der Waals surface area contributed by atoms with Gasteiger partial charge in [-0.15, -0.1) is 0 Å². The third-order valence-electron chi connectivity index (χ3n) is 3.57. The Morgan fingerprint density at radius 1 is 1.26 bits per heavy atom. The fraction of sp³-hybridized carbons (Fsp3) is 0.235. The Morgan fingerprint density at radius 3 is 2.65 bits per heavy atom. The fourth-order valence-electron chi connectivity index (χ4n) is 2.07.